The van der Waals surface area contributed by atoms with E-state index in [1.165, 1.54) is 24.8 Å². The van der Waals surface area contributed by atoms with Gasteiger partial charge in [-0.3, -0.25) is 0 Å². The van der Waals surface area contributed by atoms with Gasteiger partial charge in [-0.1, -0.05) is 24.6 Å². The number of ether oxygens (including phenoxy) is 2. The fraction of sp³-hybridized carbons (Fsp3) is 0.467. The van der Waals surface area contributed by atoms with Crippen molar-refractivity contribution in [1.29, 1.82) is 0 Å². The number of benzene rings is 1. The zero-order chi connectivity index (χ0) is 12.2. The zero-order valence-corrected chi connectivity index (χ0v) is 10.5. The molecule has 1 unspecified atom stereocenters. The molecule has 2 aliphatic rings. The lowest BCUT2D eigenvalue weighted by Gasteiger charge is -2.20. The highest BCUT2D eigenvalue weighted by atomic mass is 16.6. The van der Waals surface area contributed by atoms with Crippen LogP contribution in [0.2, 0.25) is 0 Å². The minimum absolute atomic E-state index is 0.520. The van der Waals surface area contributed by atoms with Crippen molar-refractivity contribution >= 4 is 6.08 Å². The predicted molar refractivity (Wildman–Crippen MR) is 72.1 cm³/mol. The van der Waals surface area contributed by atoms with Gasteiger partial charge in [0.15, 0.2) is 11.5 Å². The van der Waals surface area contributed by atoms with Crippen LogP contribution in [0.3, 0.4) is 0 Å². The SMILES string of the molecule is C(=C\C1CCCCN1)/c1ccc2c(c1)OCCO2. The number of nitrogens with one attached hydrogen (secondary N) is 1. The van der Waals surface area contributed by atoms with Crippen LogP contribution in [0.15, 0.2) is 24.3 Å². The van der Waals surface area contributed by atoms with Crippen molar-refractivity contribution in [2.24, 2.45) is 0 Å². The van der Waals surface area contributed by atoms with E-state index < -0.39 is 0 Å². The van der Waals surface area contributed by atoms with Crippen LogP contribution in [0.4, 0.5) is 0 Å². The van der Waals surface area contributed by atoms with Crippen LogP contribution in [-0.2, 0) is 0 Å². The third kappa shape index (κ3) is 2.67. The van der Waals surface area contributed by atoms with Gasteiger partial charge in [0.2, 0.25) is 0 Å². The monoisotopic (exact) mass is 245 g/mol. The number of fused-ring (bicyclic) bond motifs is 1. The first-order valence-corrected chi connectivity index (χ1v) is 6.73. The van der Waals surface area contributed by atoms with Crippen molar-refractivity contribution in [3.8, 4) is 11.5 Å². The Balaban J connectivity index is 1.70. The molecular weight excluding hydrogens is 226 g/mol. The molecule has 96 valence electrons. The third-order valence-electron chi connectivity index (χ3n) is 3.44. The lowest BCUT2D eigenvalue weighted by Crippen LogP contribution is -2.31. The lowest BCUT2D eigenvalue weighted by atomic mass is 10.0. The number of hydrogen-bond donors (Lipinski definition) is 1. The standard InChI is InChI=1S/C15H19NO2/c1-2-8-16-13(3-1)6-4-12-5-7-14-15(11-12)18-10-9-17-14/h4-7,11,13,16H,1-3,8-10H2/b6-4+. The van der Waals surface area contributed by atoms with Crippen molar-refractivity contribution in [3.63, 3.8) is 0 Å². The van der Waals surface area contributed by atoms with E-state index in [4.69, 9.17) is 9.47 Å². The van der Waals surface area contributed by atoms with Crippen molar-refractivity contribution in [1.82, 2.24) is 5.32 Å². The Bertz CT molecular complexity index is 436. The molecule has 1 fully saturated rings. The number of rotatable bonds is 2. The van der Waals surface area contributed by atoms with E-state index in [1.807, 2.05) is 12.1 Å². The van der Waals surface area contributed by atoms with Crippen molar-refractivity contribution in [2.75, 3.05) is 19.8 Å². The first kappa shape index (κ1) is 11.6. The summed E-state index contributed by atoms with van der Waals surface area (Å²) in [5, 5.41) is 3.51. The minimum Gasteiger partial charge on any atom is -0.486 e. The van der Waals surface area contributed by atoms with Crippen molar-refractivity contribution < 1.29 is 9.47 Å². The smallest absolute Gasteiger partial charge is 0.161 e. The van der Waals surface area contributed by atoms with Crippen LogP contribution in [0.1, 0.15) is 24.8 Å². The van der Waals surface area contributed by atoms with Crippen LogP contribution < -0.4 is 14.8 Å². The molecule has 0 amide bonds. The molecular formula is C15H19NO2. The molecule has 0 aliphatic carbocycles. The van der Waals surface area contributed by atoms with Gasteiger partial charge >= 0.3 is 0 Å². The quantitative estimate of drug-likeness (QED) is 0.868. The topological polar surface area (TPSA) is 30.5 Å². The summed E-state index contributed by atoms with van der Waals surface area (Å²) in [5.74, 6) is 1.72. The van der Waals surface area contributed by atoms with Gasteiger partial charge in [-0.15, -0.1) is 0 Å². The summed E-state index contributed by atoms with van der Waals surface area (Å²) in [6.07, 6.45) is 8.28. The second-order valence-electron chi connectivity index (χ2n) is 4.82. The largest absolute Gasteiger partial charge is 0.486 e. The van der Waals surface area contributed by atoms with Crippen LogP contribution in [0.5, 0.6) is 11.5 Å². The molecule has 1 saturated heterocycles. The van der Waals surface area contributed by atoms with Gasteiger partial charge in [-0.2, -0.15) is 0 Å². The Morgan fingerprint density at radius 3 is 2.83 bits per heavy atom. The van der Waals surface area contributed by atoms with Crippen molar-refractivity contribution in [2.45, 2.75) is 25.3 Å². The Morgan fingerprint density at radius 2 is 2.00 bits per heavy atom. The first-order valence-electron chi connectivity index (χ1n) is 6.73. The molecule has 0 aromatic heterocycles. The summed E-state index contributed by atoms with van der Waals surface area (Å²) in [5.41, 5.74) is 1.17. The van der Waals surface area contributed by atoms with Crippen LogP contribution in [0, 0.1) is 0 Å². The highest BCUT2D eigenvalue weighted by Crippen LogP contribution is 2.31. The molecule has 3 rings (SSSR count). The summed E-state index contributed by atoms with van der Waals surface area (Å²) < 4.78 is 11.1. The molecule has 3 heteroatoms. The maximum absolute atomic E-state index is 5.58. The Hall–Kier alpha value is -1.48. The summed E-state index contributed by atoms with van der Waals surface area (Å²) in [4.78, 5) is 0. The molecule has 2 aliphatic heterocycles. The van der Waals surface area contributed by atoms with Gasteiger partial charge in [0.05, 0.1) is 0 Å². The summed E-state index contributed by atoms with van der Waals surface area (Å²) in [6, 6.07) is 6.63. The van der Waals surface area contributed by atoms with E-state index >= 15 is 0 Å². The Kier molecular flexibility index (Phi) is 3.51. The maximum atomic E-state index is 5.58. The van der Waals surface area contributed by atoms with E-state index in [1.54, 1.807) is 0 Å². The second kappa shape index (κ2) is 5.44. The maximum Gasteiger partial charge on any atom is 0.161 e. The minimum atomic E-state index is 0.520. The third-order valence-corrected chi connectivity index (χ3v) is 3.44. The predicted octanol–water partition coefficient (Wildman–Crippen LogP) is 2.61. The summed E-state index contributed by atoms with van der Waals surface area (Å²) in [7, 11) is 0. The van der Waals surface area contributed by atoms with E-state index in [2.05, 4.69) is 23.5 Å². The van der Waals surface area contributed by atoms with E-state index in [0.717, 1.165) is 18.0 Å². The second-order valence-corrected chi connectivity index (χ2v) is 4.82. The van der Waals surface area contributed by atoms with Crippen LogP contribution >= 0.6 is 0 Å². The normalized spacial score (nSPS) is 23.2. The average molecular weight is 245 g/mol. The fourth-order valence-electron chi connectivity index (χ4n) is 2.43. The summed E-state index contributed by atoms with van der Waals surface area (Å²) >= 11 is 0. The highest BCUT2D eigenvalue weighted by Gasteiger charge is 2.11. The molecule has 1 N–H and O–H groups in total. The van der Waals surface area contributed by atoms with E-state index in [9.17, 15) is 0 Å². The number of piperidine rings is 1. The molecule has 18 heavy (non-hydrogen) atoms. The van der Waals surface area contributed by atoms with Gasteiger partial charge in [0, 0.05) is 6.04 Å². The average Bonchev–Trinajstić information content (AvgIpc) is 2.46. The molecule has 0 radical (unpaired) electrons. The molecule has 2 heterocycles. The van der Waals surface area contributed by atoms with Gasteiger partial charge in [-0.05, 0) is 37.1 Å². The zero-order valence-electron chi connectivity index (χ0n) is 10.5. The van der Waals surface area contributed by atoms with Gasteiger partial charge in [0.1, 0.15) is 13.2 Å². The first-order chi connectivity index (χ1) is 8.92. The Morgan fingerprint density at radius 1 is 1.11 bits per heavy atom. The van der Waals surface area contributed by atoms with Gasteiger partial charge in [0.25, 0.3) is 0 Å². The van der Waals surface area contributed by atoms with E-state index in [-0.39, 0.29) is 0 Å². The Labute approximate surface area is 108 Å². The van der Waals surface area contributed by atoms with Crippen LogP contribution in [-0.4, -0.2) is 25.8 Å². The molecule has 0 saturated carbocycles. The lowest BCUT2D eigenvalue weighted by molar-refractivity contribution is 0.171. The van der Waals surface area contributed by atoms with Crippen LogP contribution in [0.25, 0.3) is 6.08 Å². The fourth-order valence-corrected chi connectivity index (χ4v) is 2.43. The summed E-state index contributed by atoms with van der Waals surface area (Å²) in [6.45, 7) is 2.43. The van der Waals surface area contributed by atoms with Gasteiger partial charge < -0.3 is 14.8 Å². The highest BCUT2D eigenvalue weighted by molar-refractivity contribution is 5.56. The van der Waals surface area contributed by atoms with Gasteiger partial charge in [-0.25, -0.2) is 0 Å². The van der Waals surface area contributed by atoms with Crippen molar-refractivity contribution in [3.05, 3.63) is 29.8 Å². The number of hydrogen-bond acceptors (Lipinski definition) is 3. The molecule has 1 aromatic carbocycles. The molecule has 0 spiro atoms. The molecule has 1 aromatic rings. The molecule has 0 bridgehead atoms. The molecule has 1 atom stereocenters. The molecule has 3 nitrogen and oxygen atoms in total. The van der Waals surface area contributed by atoms with E-state index in [0.29, 0.717) is 19.3 Å².